The predicted molar refractivity (Wildman–Crippen MR) is 55.1 cm³/mol. The van der Waals surface area contributed by atoms with Crippen molar-refractivity contribution in [3.05, 3.63) is 36.2 Å². The lowest BCUT2D eigenvalue weighted by atomic mass is 10.2. The summed E-state index contributed by atoms with van der Waals surface area (Å²) in [6, 6.07) is 7.98. The third-order valence-electron chi connectivity index (χ3n) is 2.08. The fourth-order valence-corrected chi connectivity index (χ4v) is 1.34. The topological polar surface area (TPSA) is 35.0 Å². The van der Waals surface area contributed by atoms with E-state index < -0.39 is 0 Å². The highest BCUT2D eigenvalue weighted by molar-refractivity contribution is 5.74. The smallest absolute Gasteiger partial charge is 0.159 e. The number of rotatable bonds is 3. The molecule has 72 valence electrons. The molecule has 2 aromatic heterocycles. The van der Waals surface area contributed by atoms with E-state index in [1.807, 2.05) is 24.3 Å². The van der Waals surface area contributed by atoms with Crippen LogP contribution >= 0.6 is 0 Å². The quantitative estimate of drug-likeness (QED) is 0.737. The third-order valence-corrected chi connectivity index (χ3v) is 2.08. The summed E-state index contributed by atoms with van der Waals surface area (Å²) >= 11 is 0. The average molecular weight is 188 g/mol. The molecule has 0 unspecified atom stereocenters. The molecule has 0 aliphatic heterocycles. The van der Waals surface area contributed by atoms with Gasteiger partial charge in [0.25, 0.3) is 0 Å². The van der Waals surface area contributed by atoms with E-state index in [1.54, 1.807) is 13.3 Å². The fraction of sp³-hybridized carbons (Fsp3) is 0.273. The lowest BCUT2D eigenvalue weighted by Crippen LogP contribution is -1.97. The Morgan fingerprint density at radius 3 is 3.07 bits per heavy atom. The summed E-state index contributed by atoms with van der Waals surface area (Å²) in [5.41, 5.74) is 1.83. The molecular weight excluding hydrogens is 176 g/mol. The average Bonchev–Trinajstić information content (AvgIpc) is 2.26. The lowest BCUT2D eigenvalue weighted by Gasteiger charge is -2.00. The molecule has 0 aliphatic rings. The van der Waals surface area contributed by atoms with E-state index in [0.717, 1.165) is 23.1 Å². The van der Waals surface area contributed by atoms with Crippen molar-refractivity contribution in [2.24, 2.45) is 0 Å². The van der Waals surface area contributed by atoms with Gasteiger partial charge in [0.15, 0.2) is 5.65 Å². The van der Waals surface area contributed by atoms with Crippen LogP contribution in [0.2, 0.25) is 0 Å². The van der Waals surface area contributed by atoms with Gasteiger partial charge in [0.05, 0.1) is 6.61 Å². The van der Waals surface area contributed by atoms with Crippen LogP contribution in [-0.2, 0) is 11.2 Å². The van der Waals surface area contributed by atoms with Crippen molar-refractivity contribution in [1.29, 1.82) is 0 Å². The maximum Gasteiger partial charge on any atom is 0.159 e. The second-order valence-corrected chi connectivity index (χ2v) is 3.10. The number of ether oxygens (including phenoxy) is 1. The first-order valence-electron chi connectivity index (χ1n) is 4.60. The van der Waals surface area contributed by atoms with E-state index in [9.17, 15) is 0 Å². The summed E-state index contributed by atoms with van der Waals surface area (Å²) in [5, 5.41) is 1.08. The number of pyridine rings is 2. The van der Waals surface area contributed by atoms with Crippen molar-refractivity contribution in [2.45, 2.75) is 6.42 Å². The maximum atomic E-state index is 5.00. The second kappa shape index (κ2) is 4.15. The Labute approximate surface area is 82.8 Å². The van der Waals surface area contributed by atoms with Crippen molar-refractivity contribution in [3.8, 4) is 0 Å². The summed E-state index contributed by atoms with van der Waals surface area (Å²) in [6.07, 6.45) is 2.60. The van der Waals surface area contributed by atoms with Crippen molar-refractivity contribution in [3.63, 3.8) is 0 Å². The molecule has 2 heterocycles. The number of fused-ring (bicyclic) bond motifs is 1. The van der Waals surface area contributed by atoms with E-state index in [4.69, 9.17) is 4.74 Å². The van der Waals surface area contributed by atoms with Crippen molar-refractivity contribution < 1.29 is 4.74 Å². The lowest BCUT2D eigenvalue weighted by molar-refractivity contribution is 0.201. The molecule has 0 amide bonds. The van der Waals surface area contributed by atoms with E-state index in [2.05, 4.69) is 9.97 Å². The zero-order valence-corrected chi connectivity index (χ0v) is 8.10. The van der Waals surface area contributed by atoms with Gasteiger partial charge >= 0.3 is 0 Å². The van der Waals surface area contributed by atoms with Gasteiger partial charge in [-0.1, -0.05) is 0 Å². The van der Waals surface area contributed by atoms with Crippen molar-refractivity contribution in [1.82, 2.24) is 9.97 Å². The minimum absolute atomic E-state index is 0.700. The monoisotopic (exact) mass is 188 g/mol. The minimum atomic E-state index is 0.700. The van der Waals surface area contributed by atoms with Gasteiger partial charge in [0.2, 0.25) is 0 Å². The molecule has 2 rings (SSSR count). The molecule has 3 nitrogen and oxygen atoms in total. The van der Waals surface area contributed by atoms with Gasteiger partial charge < -0.3 is 4.74 Å². The molecule has 0 fully saturated rings. The molecular formula is C11H12N2O. The van der Waals surface area contributed by atoms with Gasteiger partial charge in [-0.05, 0) is 24.3 Å². The number of hydrogen-bond acceptors (Lipinski definition) is 3. The van der Waals surface area contributed by atoms with Crippen molar-refractivity contribution >= 4 is 11.0 Å². The summed E-state index contributed by atoms with van der Waals surface area (Å²) in [4.78, 5) is 8.62. The maximum absolute atomic E-state index is 5.00. The van der Waals surface area contributed by atoms with Crippen LogP contribution in [0.1, 0.15) is 5.69 Å². The Morgan fingerprint density at radius 2 is 2.21 bits per heavy atom. The largest absolute Gasteiger partial charge is 0.384 e. The second-order valence-electron chi connectivity index (χ2n) is 3.10. The highest BCUT2D eigenvalue weighted by Gasteiger charge is 1.97. The van der Waals surface area contributed by atoms with E-state index in [0.29, 0.717) is 6.61 Å². The molecule has 0 atom stereocenters. The first-order valence-corrected chi connectivity index (χ1v) is 4.60. The summed E-state index contributed by atoms with van der Waals surface area (Å²) in [6.45, 7) is 0.700. The summed E-state index contributed by atoms with van der Waals surface area (Å²) < 4.78 is 5.00. The molecule has 0 radical (unpaired) electrons. The van der Waals surface area contributed by atoms with Gasteiger partial charge in [0.1, 0.15) is 0 Å². The van der Waals surface area contributed by atoms with Gasteiger partial charge in [-0.15, -0.1) is 0 Å². The van der Waals surface area contributed by atoms with Crippen LogP contribution in [0.4, 0.5) is 0 Å². The van der Waals surface area contributed by atoms with Crippen LogP contribution < -0.4 is 0 Å². The molecule has 2 aromatic rings. The van der Waals surface area contributed by atoms with Crippen LogP contribution in [0.3, 0.4) is 0 Å². The Balaban J connectivity index is 2.32. The Bertz CT molecular complexity index is 428. The normalized spacial score (nSPS) is 10.6. The van der Waals surface area contributed by atoms with Gasteiger partial charge in [0, 0.05) is 30.8 Å². The Morgan fingerprint density at radius 1 is 1.29 bits per heavy atom. The SMILES string of the molecule is COCCc1ccc2cccnc2n1. The number of methoxy groups -OCH3 is 1. The van der Waals surface area contributed by atoms with Crippen LogP contribution in [0, 0.1) is 0 Å². The van der Waals surface area contributed by atoms with Crippen LogP contribution in [0.15, 0.2) is 30.5 Å². The number of nitrogens with zero attached hydrogens (tertiary/aromatic N) is 2. The highest BCUT2D eigenvalue weighted by atomic mass is 16.5. The highest BCUT2D eigenvalue weighted by Crippen LogP contribution is 2.09. The van der Waals surface area contributed by atoms with Gasteiger partial charge in [-0.3, -0.25) is 0 Å². The first kappa shape index (κ1) is 9.09. The molecule has 0 aromatic carbocycles. The van der Waals surface area contributed by atoms with Crippen LogP contribution in [0.25, 0.3) is 11.0 Å². The first-order chi connectivity index (χ1) is 6.90. The molecule has 0 bridgehead atoms. The molecule has 0 saturated carbocycles. The van der Waals surface area contributed by atoms with Crippen LogP contribution in [0.5, 0.6) is 0 Å². The van der Waals surface area contributed by atoms with E-state index >= 15 is 0 Å². The molecule has 0 aliphatic carbocycles. The Kier molecular flexibility index (Phi) is 2.70. The van der Waals surface area contributed by atoms with E-state index in [-0.39, 0.29) is 0 Å². The molecule has 0 N–H and O–H groups in total. The van der Waals surface area contributed by atoms with Crippen LogP contribution in [-0.4, -0.2) is 23.7 Å². The number of hydrogen-bond donors (Lipinski definition) is 0. The fourth-order valence-electron chi connectivity index (χ4n) is 1.34. The minimum Gasteiger partial charge on any atom is -0.384 e. The van der Waals surface area contributed by atoms with E-state index in [1.165, 1.54) is 0 Å². The molecule has 0 saturated heterocycles. The zero-order valence-electron chi connectivity index (χ0n) is 8.10. The molecule has 3 heteroatoms. The van der Waals surface area contributed by atoms with Gasteiger partial charge in [-0.2, -0.15) is 0 Å². The molecule has 14 heavy (non-hydrogen) atoms. The standard InChI is InChI=1S/C11H12N2O/c1-14-8-6-10-5-4-9-3-2-7-12-11(9)13-10/h2-5,7H,6,8H2,1H3. The Hall–Kier alpha value is -1.48. The summed E-state index contributed by atoms with van der Waals surface area (Å²) in [5.74, 6) is 0. The zero-order chi connectivity index (χ0) is 9.80. The predicted octanol–water partition coefficient (Wildman–Crippen LogP) is 1.82. The number of aromatic nitrogens is 2. The third kappa shape index (κ3) is 1.88. The molecule has 0 spiro atoms. The summed E-state index contributed by atoms with van der Waals surface area (Å²) in [7, 11) is 1.69. The van der Waals surface area contributed by atoms with Crippen molar-refractivity contribution in [2.75, 3.05) is 13.7 Å². The van der Waals surface area contributed by atoms with Gasteiger partial charge in [-0.25, -0.2) is 9.97 Å².